The van der Waals surface area contributed by atoms with E-state index in [2.05, 4.69) is 62.7 Å². The van der Waals surface area contributed by atoms with Crippen molar-refractivity contribution in [1.29, 1.82) is 0 Å². The third kappa shape index (κ3) is 8.24. The first-order chi connectivity index (χ1) is 29.0. The van der Waals surface area contributed by atoms with Crippen molar-refractivity contribution in [3.05, 3.63) is 88.9 Å². The number of aromatic nitrogens is 2. The van der Waals surface area contributed by atoms with E-state index in [4.69, 9.17) is 0 Å². The summed E-state index contributed by atoms with van der Waals surface area (Å²) in [5, 5.41) is 5.19. The molecule has 0 radical (unpaired) electrons. The number of nitrogens with zero attached hydrogens (tertiary/aromatic N) is 6. The molecule has 4 amide bonds. The Morgan fingerprint density at radius 1 is 0.850 bits per heavy atom. The Morgan fingerprint density at radius 3 is 2.28 bits per heavy atom. The van der Waals surface area contributed by atoms with Crippen LogP contribution in [-0.2, 0) is 26.2 Å². The van der Waals surface area contributed by atoms with Gasteiger partial charge in [-0.15, -0.1) is 0 Å². The van der Waals surface area contributed by atoms with E-state index in [1.165, 1.54) is 13.1 Å². The smallest absolute Gasteiger partial charge is 0.329 e. The number of piperidine rings is 4. The zero-order valence-corrected chi connectivity index (χ0v) is 35.2. The maximum absolute atomic E-state index is 13.7. The number of carbonyl (C=O) groups excluding carboxylic acids is 4. The van der Waals surface area contributed by atoms with E-state index < -0.39 is 6.04 Å². The molecule has 0 aliphatic carbocycles. The normalized spacial score (nSPS) is 20.6. The van der Waals surface area contributed by atoms with Gasteiger partial charge in [-0.2, -0.15) is 0 Å². The molecule has 0 bridgehead atoms. The van der Waals surface area contributed by atoms with Crippen molar-refractivity contribution in [1.82, 2.24) is 29.2 Å². The van der Waals surface area contributed by atoms with Gasteiger partial charge in [0.25, 0.3) is 5.91 Å². The number of benzene rings is 3. The maximum atomic E-state index is 13.7. The van der Waals surface area contributed by atoms with E-state index in [9.17, 15) is 24.0 Å². The molecule has 0 saturated carbocycles. The minimum absolute atomic E-state index is 0.0219. The van der Waals surface area contributed by atoms with Crippen molar-refractivity contribution in [3.63, 3.8) is 0 Å². The number of nitrogens with one attached hydrogen (secondary N) is 1. The Morgan fingerprint density at radius 2 is 1.57 bits per heavy atom. The van der Waals surface area contributed by atoms with Gasteiger partial charge in [0.2, 0.25) is 17.7 Å². The Kier molecular flexibility index (Phi) is 12.0. The zero-order chi connectivity index (χ0) is 42.1. The first kappa shape index (κ1) is 41.1. The molecule has 314 valence electrons. The van der Waals surface area contributed by atoms with Gasteiger partial charge in [-0.05, 0) is 118 Å². The first-order valence-electron chi connectivity index (χ1n) is 21.7. The molecule has 4 aliphatic heterocycles. The predicted octanol–water partition coefficient (Wildman–Crippen LogP) is 5.40. The molecule has 60 heavy (non-hydrogen) atoms. The van der Waals surface area contributed by atoms with Crippen LogP contribution in [-0.4, -0.2) is 100 Å². The summed E-state index contributed by atoms with van der Waals surface area (Å²) >= 11 is 0. The van der Waals surface area contributed by atoms with Gasteiger partial charge < -0.3 is 20.0 Å². The van der Waals surface area contributed by atoms with Crippen molar-refractivity contribution >= 4 is 51.1 Å². The minimum atomic E-state index is -0.695. The quantitative estimate of drug-likeness (QED) is 0.144. The minimum Gasteiger partial charge on any atom is -0.371 e. The molecule has 4 fully saturated rings. The van der Waals surface area contributed by atoms with Crippen molar-refractivity contribution in [3.8, 4) is 11.8 Å². The third-order valence-corrected chi connectivity index (χ3v) is 13.6. The summed E-state index contributed by atoms with van der Waals surface area (Å²) in [5.41, 5.74) is 4.26. The third-order valence-electron chi connectivity index (χ3n) is 13.6. The van der Waals surface area contributed by atoms with Crippen LogP contribution in [0.2, 0.25) is 0 Å². The van der Waals surface area contributed by atoms with Crippen LogP contribution in [0.1, 0.15) is 81.5 Å². The van der Waals surface area contributed by atoms with E-state index >= 15 is 0 Å². The molecular weight excluding hydrogens is 755 g/mol. The molecule has 5 heterocycles. The Hall–Kier alpha value is -5.67. The highest BCUT2D eigenvalue weighted by atomic mass is 16.2. The summed E-state index contributed by atoms with van der Waals surface area (Å²) in [4.78, 5) is 72.2. The molecule has 2 atom stereocenters. The molecule has 1 unspecified atom stereocenters. The fraction of sp³-hybridized carbons (Fsp3) is 0.479. The Balaban J connectivity index is 0.792. The standard InChI is InChI=1S/C48H57N7O5/c1-5-44(56)49-32(2)38-14-12-35(39-8-6-7-9-40(38)39)11-10-33-18-24-52(25-19-33)31-34-20-26-54(27-21-34)46(58)36-22-28-53(29-23-36)37-13-15-41-43(30-37)50(3)48(60)55(41)42-16-17-45(57)51(4)47(42)59/h5-9,12-15,30,32-34,36,42H,1,16-29,31H2,2-4H3,(H,49,56)/t32-,42?/m1/s1. The van der Waals surface area contributed by atoms with Crippen molar-refractivity contribution < 1.29 is 19.2 Å². The lowest BCUT2D eigenvalue weighted by atomic mass is 9.90. The topological polar surface area (TPSA) is 120 Å². The fourth-order valence-electron chi connectivity index (χ4n) is 9.93. The predicted molar refractivity (Wildman–Crippen MR) is 234 cm³/mol. The van der Waals surface area contributed by atoms with Gasteiger partial charge in [0, 0.05) is 76.3 Å². The van der Waals surface area contributed by atoms with Gasteiger partial charge in [-0.25, -0.2) is 4.79 Å². The number of hydrogen-bond acceptors (Lipinski definition) is 7. The number of amides is 4. The molecule has 4 saturated heterocycles. The number of rotatable bonds is 8. The van der Waals surface area contributed by atoms with Crippen LogP contribution in [0.3, 0.4) is 0 Å². The number of aryl methyl sites for hydroxylation is 1. The molecule has 1 N–H and O–H groups in total. The van der Waals surface area contributed by atoms with E-state index in [1.54, 1.807) is 16.2 Å². The molecule has 0 spiro atoms. The van der Waals surface area contributed by atoms with Crippen LogP contribution in [0, 0.1) is 29.6 Å². The average Bonchev–Trinajstić information content (AvgIpc) is 3.52. The lowest BCUT2D eigenvalue weighted by Crippen LogP contribution is -2.47. The lowest BCUT2D eigenvalue weighted by molar-refractivity contribution is -0.149. The van der Waals surface area contributed by atoms with Gasteiger partial charge in [-0.3, -0.25) is 33.2 Å². The number of imide groups is 1. The summed E-state index contributed by atoms with van der Waals surface area (Å²) < 4.78 is 3.13. The number of carbonyl (C=O) groups is 4. The zero-order valence-electron chi connectivity index (χ0n) is 35.2. The van der Waals surface area contributed by atoms with Crippen LogP contribution in [0.25, 0.3) is 21.8 Å². The fourth-order valence-corrected chi connectivity index (χ4v) is 9.93. The van der Waals surface area contributed by atoms with Gasteiger partial charge >= 0.3 is 5.69 Å². The average molecular weight is 812 g/mol. The van der Waals surface area contributed by atoms with E-state index in [0.717, 1.165) is 122 Å². The molecular formula is C48H57N7O5. The summed E-state index contributed by atoms with van der Waals surface area (Å²) in [7, 11) is 3.20. The summed E-state index contributed by atoms with van der Waals surface area (Å²) in [6.07, 6.45) is 7.64. The Labute approximate surface area is 352 Å². The van der Waals surface area contributed by atoms with Gasteiger partial charge in [0.1, 0.15) is 6.04 Å². The number of fused-ring (bicyclic) bond motifs is 2. The highest BCUT2D eigenvalue weighted by Gasteiger charge is 2.36. The second kappa shape index (κ2) is 17.5. The molecule has 12 nitrogen and oxygen atoms in total. The van der Waals surface area contributed by atoms with Crippen molar-refractivity contribution in [2.75, 3.05) is 57.8 Å². The van der Waals surface area contributed by atoms with Gasteiger partial charge in [-0.1, -0.05) is 48.8 Å². The number of likely N-dealkylation sites (tertiary alicyclic amines) is 3. The molecule has 3 aromatic carbocycles. The highest BCUT2D eigenvalue weighted by Crippen LogP contribution is 2.32. The van der Waals surface area contributed by atoms with E-state index in [0.29, 0.717) is 29.7 Å². The van der Waals surface area contributed by atoms with Crippen LogP contribution < -0.4 is 15.9 Å². The van der Waals surface area contributed by atoms with Crippen molar-refractivity contribution in [2.45, 2.75) is 70.4 Å². The summed E-state index contributed by atoms with van der Waals surface area (Å²) in [6, 6.07) is 17.5. The summed E-state index contributed by atoms with van der Waals surface area (Å²) in [5.74, 6) is 7.62. The van der Waals surface area contributed by atoms with E-state index in [-0.39, 0.29) is 41.8 Å². The molecule has 8 rings (SSSR count). The number of anilines is 1. The van der Waals surface area contributed by atoms with Crippen LogP contribution >= 0.6 is 0 Å². The van der Waals surface area contributed by atoms with Crippen LogP contribution in [0.5, 0.6) is 0 Å². The Bertz CT molecular complexity index is 2430. The SMILES string of the molecule is C=CC(=O)N[C@H](C)c1ccc(C#CC2CCN(CC3CCN(C(=O)C4CCN(c5ccc6c(c5)n(C)c(=O)n6C5CCC(=O)N(C)C5=O)CC4)CC3)CC2)c2ccccc12. The number of hydrogen-bond donors (Lipinski definition) is 1. The lowest BCUT2D eigenvalue weighted by Gasteiger charge is -2.39. The maximum Gasteiger partial charge on any atom is 0.329 e. The van der Waals surface area contributed by atoms with Gasteiger partial charge in [0.05, 0.1) is 17.1 Å². The monoisotopic (exact) mass is 811 g/mol. The second-order valence-corrected chi connectivity index (χ2v) is 17.3. The number of imidazole rings is 1. The van der Waals surface area contributed by atoms with Crippen LogP contribution in [0.4, 0.5) is 5.69 Å². The highest BCUT2D eigenvalue weighted by molar-refractivity contribution is 6.00. The summed E-state index contributed by atoms with van der Waals surface area (Å²) in [6.45, 7) is 11.9. The second-order valence-electron chi connectivity index (χ2n) is 17.3. The first-order valence-corrected chi connectivity index (χ1v) is 21.7. The molecule has 1 aromatic heterocycles. The largest absolute Gasteiger partial charge is 0.371 e. The number of likely N-dealkylation sites (N-methyl/N-ethyl adjacent to an activating group) is 1. The molecule has 12 heteroatoms. The van der Waals surface area contributed by atoms with E-state index in [1.807, 2.05) is 37.3 Å². The molecule has 4 aromatic rings. The van der Waals surface area contributed by atoms with Crippen molar-refractivity contribution in [2.24, 2.45) is 24.8 Å². The van der Waals surface area contributed by atoms with Gasteiger partial charge in [0.15, 0.2) is 0 Å². The molecule has 4 aliphatic rings. The van der Waals surface area contributed by atoms with Crippen LogP contribution in [0.15, 0.2) is 72.0 Å².